The van der Waals surface area contributed by atoms with Crippen LogP contribution in [0.2, 0.25) is 0 Å². The highest BCUT2D eigenvalue weighted by Crippen LogP contribution is 2.29. The standard InChI is InChI=1S/C11H14BrNO2S/c1-7-2-5-9(13-6-8-3-4-8)10(12)11(7)16(14)15/h2,5,8,10,13H,3-4,6H2,1H3. The van der Waals surface area contributed by atoms with Gasteiger partial charge in [-0.1, -0.05) is 22.0 Å². The lowest BCUT2D eigenvalue weighted by Gasteiger charge is -2.20. The Bertz CT molecular complexity index is 478. The van der Waals surface area contributed by atoms with E-state index in [-0.39, 0.29) is 4.83 Å². The van der Waals surface area contributed by atoms with Gasteiger partial charge in [-0.2, -0.15) is 8.42 Å². The Morgan fingerprint density at radius 3 is 2.69 bits per heavy atom. The lowest BCUT2D eigenvalue weighted by molar-refractivity contribution is 0.626. The third-order valence-electron chi connectivity index (χ3n) is 2.88. The summed E-state index contributed by atoms with van der Waals surface area (Å²) >= 11 is 3.43. The van der Waals surface area contributed by atoms with E-state index in [2.05, 4.69) is 21.2 Å². The van der Waals surface area contributed by atoms with Crippen LogP contribution in [0.4, 0.5) is 0 Å². The molecule has 16 heavy (non-hydrogen) atoms. The van der Waals surface area contributed by atoms with E-state index in [1.807, 2.05) is 19.1 Å². The minimum absolute atomic E-state index is 0.227. The summed E-state index contributed by atoms with van der Waals surface area (Å²) in [7, 11) is -2.16. The average molecular weight is 304 g/mol. The van der Waals surface area contributed by atoms with Gasteiger partial charge >= 0.3 is 0 Å². The molecule has 1 N–H and O–H groups in total. The summed E-state index contributed by atoms with van der Waals surface area (Å²) in [6.07, 6.45) is 6.37. The number of nitrogens with one attached hydrogen (secondary N) is 1. The second-order valence-corrected chi connectivity index (χ2v) is 6.08. The predicted molar refractivity (Wildman–Crippen MR) is 69.2 cm³/mol. The van der Waals surface area contributed by atoms with Crippen molar-refractivity contribution in [3.05, 3.63) is 23.4 Å². The Morgan fingerprint density at radius 2 is 2.12 bits per heavy atom. The quantitative estimate of drug-likeness (QED) is 0.637. The molecule has 0 aromatic heterocycles. The molecule has 0 aromatic rings. The molecule has 2 rings (SSSR count). The summed E-state index contributed by atoms with van der Waals surface area (Å²) in [4.78, 5) is 0.204. The van der Waals surface area contributed by atoms with Crippen molar-refractivity contribution in [2.75, 3.05) is 6.54 Å². The Kier molecular flexibility index (Phi) is 3.54. The zero-order valence-electron chi connectivity index (χ0n) is 9.03. The molecule has 1 saturated carbocycles. The molecule has 0 amide bonds. The fourth-order valence-corrected chi connectivity index (χ4v) is 3.43. The van der Waals surface area contributed by atoms with Crippen molar-refractivity contribution in [1.82, 2.24) is 5.32 Å². The van der Waals surface area contributed by atoms with Crippen molar-refractivity contribution in [3.8, 4) is 0 Å². The molecule has 2 aliphatic rings. The van der Waals surface area contributed by atoms with Gasteiger partial charge in [-0.25, -0.2) is 0 Å². The van der Waals surface area contributed by atoms with E-state index in [1.165, 1.54) is 12.8 Å². The fraction of sp³-hybridized carbons (Fsp3) is 0.545. The molecule has 0 radical (unpaired) electrons. The Labute approximate surface area is 105 Å². The second-order valence-electron chi connectivity index (χ2n) is 4.26. The summed E-state index contributed by atoms with van der Waals surface area (Å²) in [5.74, 6) is 0.772. The van der Waals surface area contributed by atoms with E-state index in [0.717, 1.165) is 23.7 Å². The lowest BCUT2D eigenvalue weighted by Crippen LogP contribution is -2.31. The zero-order chi connectivity index (χ0) is 11.7. The Balaban J connectivity index is 2.17. The van der Waals surface area contributed by atoms with Gasteiger partial charge in [0.15, 0.2) is 0 Å². The average Bonchev–Trinajstić information content (AvgIpc) is 3.00. The number of hydrogen-bond donors (Lipinski definition) is 1. The molecule has 0 spiro atoms. The molecule has 0 aromatic carbocycles. The monoisotopic (exact) mass is 303 g/mol. The van der Waals surface area contributed by atoms with Gasteiger partial charge < -0.3 is 5.32 Å². The van der Waals surface area contributed by atoms with Gasteiger partial charge in [0.2, 0.25) is 10.3 Å². The molecular weight excluding hydrogens is 290 g/mol. The maximum Gasteiger partial charge on any atom is 0.219 e. The summed E-state index contributed by atoms with van der Waals surface area (Å²) in [5.41, 5.74) is 1.74. The van der Waals surface area contributed by atoms with Crippen molar-refractivity contribution < 1.29 is 8.42 Å². The van der Waals surface area contributed by atoms with Crippen LogP contribution in [0.1, 0.15) is 19.8 Å². The molecule has 3 nitrogen and oxygen atoms in total. The highest BCUT2D eigenvalue weighted by Gasteiger charge is 2.26. The van der Waals surface area contributed by atoms with Gasteiger partial charge in [0, 0.05) is 12.2 Å². The van der Waals surface area contributed by atoms with Crippen LogP contribution in [0.5, 0.6) is 0 Å². The van der Waals surface area contributed by atoms with Crippen LogP contribution < -0.4 is 5.32 Å². The molecule has 0 aliphatic heterocycles. The van der Waals surface area contributed by atoms with E-state index < -0.39 is 10.3 Å². The molecule has 2 aliphatic carbocycles. The molecule has 0 bridgehead atoms. The van der Waals surface area contributed by atoms with Crippen LogP contribution in [0.15, 0.2) is 23.4 Å². The first kappa shape index (κ1) is 11.9. The maximum absolute atomic E-state index is 11.1. The molecule has 5 heteroatoms. The highest BCUT2D eigenvalue weighted by molar-refractivity contribution is 9.10. The second kappa shape index (κ2) is 4.75. The molecular formula is C11H14BrNO2S. The Hall–Kier alpha value is -0.550. The summed E-state index contributed by atoms with van der Waals surface area (Å²) < 4.78 is 22.2. The number of alkyl halides is 1. The number of rotatable bonds is 3. The number of halogens is 1. The predicted octanol–water partition coefficient (Wildman–Crippen LogP) is 1.64. The van der Waals surface area contributed by atoms with Crippen molar-refractivity contribution in [1.29, 1.82) is 0 Å². The molecule has 0 heterocycles. The van der Waals surface area contributed by atoms with Crippen LogP contribution in [0.25, 0.3) is 0 Å². The van der Waals surface area contributed by atoms with Gasteiger partial charge in [0.1, 0.15) is 0 Å². The summed E-state index contributed by atoms with van der Waals surface area (Å²) in [6, 6.07) is 0. The van der Waals surface area contributed by atoms with Gasteiger partial charge in [-0.05, 0) is 37.3 Å². The normalized spacial score (nSPS) is 24.9. The number of hydrogen-bond acceptors (Lipinski definition) is 3. The third-order valence-corrected chi connectivity index (χ3v) is 5.05. The maximum atomic E-state index is 11.1. The largest absolute Gasteiger partial charge is 0.387 e. The van der Waals surface area contributed by atoms with E-state index in [9.17, 15) is 8.42 Å². The van der Waals surface area contributed by atoms with Crippen LogP contribution in [0.3, 0.4) is 0 Å². The smallest absolute Gasteiger partial charge is 0.219 e. The lowest BCUT2D eigenvalue weighted by atomic mass is 10.0. The van der Waals surface area contributed by atoms with E-state index in [1.54, 1.807) is 0 Å². The highest BCUT2D eigenvalue weighted by atomic mass is 79.9. The molecule has 88 valence electrons. The molecule has 1 fully saturated rings. The van der Waals surface area contributed by atoms with Crippen LogP contribution >= 0.6 is 15.9 Å². The van der Waals surface area contributed by atoms with Gasteiger partial charge in [-0.3, -0.25) is 0 Å². The van der Waals surface area contributed by atoms with Crippen LogP contribution in [0, 0.1) is 5.92 Å². The van der Waals surface area contributed by atoms with Gasteiger partial charge in [0.05, 0.1) is 9.69 Å². The first-order valence-electron chi connectivity index (χ1n) is 5.32. The van der Waals surface area contributed by atoms with E-state index in [4.69, 9.17) is 0 Å². The van der Waals surface area contributed by atoms with Gasteiger partial charge in [0.25, 0.3) is 0 Å². The van der Waals surface area contributed by atoms with Crippen LogP contribution in [-0.4, -0.2) is 24.7 Å². The van der Waals surface area contributed by atoms with Gasteiger partial charge in [-0.15, -0.1) is 0 Å². The van der Waals surface area contributed by atoms with Crippen molar-refractivity contribution in [3.63, 3.8) is 0 Å². The molecule has 1 unspecified atom stereocenters. The summed E-state index contributed by atoms with van der Waals surface area (Å²) in [5, 5.41) is 3.31. The van der Waals surface area contributed by atoms with Crippen molar-refractivity contribution >= 4 is 31.1 Å². The third kappa shape index (κ3) is 2.58. The van der Waals surface area contributed by atoms with E-state index in [0.29, 0.717) is 4.86 Å². The minimum atomic E-state index is -2.16. The topological polar surface area (TPSA) is 46.2 Å². The minimum Gasteiger partial charge on any atom is -0.387 e. The fourth-order valence-electron chi connectivity index (χ4n) is 1.67. The first-order chi connectivity index (χ1) is 7.59. The number of allylic oxidation sites excluding steroid dienone is 4. The van der Waals surface area contributed by atoms with Crippen molar-refractivity contribution in [2.45, 2.75) is 24.6 Å². The SMILES string of the molecule is CC1=CC=C(NCC2CC2)C(Br)C1=S(=O)=O. The first-order valence-corrected chi connectivity index (χ1v) is 7.31. The Morgan fingerprint density at radius 1 is 1.44 bits per heavy atom. The van der Waals surface area contributed by atoms with E-state index >= 15 is 0 Å². The van der Waals surface area contributed by atoms with Crippen molar-refractivity contribution in [2.24, 2.45) is 5.92 Å². The molecule has 1 atom stereocenters. The summed E-state index contributed by atoms with van der Waals surface area (Å²) in [6.45, 7) is 2.76. The zero-order valence-corrected chi connectivity index (χ0v) is 11.4. The molecule has 0 saturated heterocycles. The van der Waals surface area contributed by atoms with Crippen LogP contribution in [-0.2, 0) is 10.3 Å².